The van der Waals surface area contributed by atoms with Crippen LogP contribution in [0.25, 0.3) is 0 Å². The molecule has 0 aliphatic carbocycles. The van der Waals surface area contributed by atoms with Crippen molar-refractivity contribution in [2.45, 2.75) is 19.9 Å². The molecule has 168 valence electrons. The third-order valence-corrected chi connectivity index (χ3v) is 4.96. The van der Waals surface area contributed by atoms with Crippen LogP contribution < -0.4 is 31.4 Å². The van der Waals surface area contributed by atoms with E-state index in [1.165, 1.54) is 23.7 Å². The van der Waals surface area contributed by atoms with Gasteiger partial charge in [0.15, 0.2) is 5.69 Å². The Morgan fingerprint density at radius 3 is 2.25 bits per heavy atom. The molecule has 0 saturated heterocycles. The molecule has 0 bridgehead atoms. The number of nitrogens with one attached hydrogen (secondary N) is 1. The normalized spacial score (nSPS) is 10.6. The summed E-state index contributed by atoms with van der Waals surface area (Å²) in [4.78, 5) is 42.3. The SMILES string of the molecule is CCCN(C(=O)c1cc(OC)cc(OC)c1)c1c(N)n(Cc2ccccc2)c(=O)[nH]c1=O. The van der Waals surface area contributed by atoms with Crippen molar-refractivity contribution < 1.29 is 14.3 Å². The van der Waals surface area contributed by atoms with Crippen LogP contribution in [0, 0.1) is 0 Å². The molecule has 0 spiro atoms. The summed E-state index contributed by atoms with van der Waals surface area (Å²) in [5.41, 5.74) is 5.93. The van der Waals surface area contributed by atoms with Crippen LogP contribution in [-0.4, -0.2) is 36.2 Å². The van der Waals surface area contributed by atoms with Gasteiger partial charge in [-0.1, -0.05) is 37.3 Å². The largest absolute Gasteiger partial charge is 0.497 e. The number of nitrogen functional groups attached to an aromatic ring is 1. The van der Waals surface area contributed by atoms with Gasteiger partial charge < -0.3 is 20.1 Å². The van der Waals surface area contributed by atoms with E-state index in [9.17, 15) is 14.4 Å². The van der Waals surface area contributed by atoms with Crippen LogP contribution in [0.4, 0.5) is 11.5 Å². The van der Waals surface area contributed by atoms with Crippen molar-refractivity contribution >= 4 is 17.4 Å². The predicted octanol–water partition coefficient (Wildman–Crippen LogP) is 2.24. The maximum absolute atomic E-state index is 13.4. The van der Waals surface area contributed by atoms with Crippen molar-refractivity contribution in [2.24, 2.45) is 0 Å². The lowest BCUT2D eigenvalue weighted by Crippen LogP contribution is -2.41. The molecule has 1 amide bonds. The molecule has 0 aliphatic rings. The summed E-state index contributed by atoms with van der Waals surface area (Å²) in [5.74, 6) is 0.311. The Bertz CT molecular complexity index is 1200. The number of hydrogen-bond donors (Lipinski definition) is 2. The summed E-state index contributed by atoms with van der Waals surface area (Å²) in [5, 5.41) is 0. The molecule has 0 fully saturated rings. The number of H-pyrrole nitrogens is 1. The maximum Gasteiger partial charge on any atom is 0.330 e. The average Bonchev–Trinajstić information content (AvgIpc) is 2.80. The van der Waals surface area contributed by atoms with Crippen LogP contribution in [0.2, 0.25) is 0 Å². The number of aromatic nitrogens is 2. The summed E-state index contributed by atoms with van der Waals surface area (Å²) < 4.78 is 11.7. The predicted molar refractivity (Wildman–Crippen MR) is 123 cm³/mol. The zero-order valence-corrected chi connectivity index (χ0v) is 18.3. The van der Waals surface area contributed by atoms with Crippen molar-refractivity contribution in [1.82, 2.24) is 9.55 Å². The molecule has 3 rings (SSSR count). The Balaban J connectivity index is 2.12. The molecule has 9 nitrogen and oxygen atoms in total. The Morgan fingerprint density at radius 1 is 1.06 bits per heavy atom. The van der Waals surface area contributed by atoms with E-state index in [1.807, 2.05) is 37.3 Å². The monoisotopic (exact) mass is 438 g/mol. The zero-order valence-electron chi connectivity index (χ0n) is 18.3. The fourth-order valence-electron chi connectivity index (χ4n) is 3.39. The molecule has 0 aliphatic heterocycles. The molecule has 2 aromatic carbocycles. The average molecular weight is 438 g/mol. The number of carbonyl (C=O) groups is 1. The van der Waals surface area contributed by atoms with Gasteiger partial charge in [-0.25, -0.2) is 4.79 Å². The van der Waals surface area contributed by atoms with Gasteiger partial charge in [0.05, 0.1) is 20.8 Å². The Labute approximate surface area is 185 Å². The number of anilines is 2. The summed E-state index contributed by atoms with van der Waals surface area (Å²) in [6.07, 6.45) is 0.559. The summed E-state index contributed by atoms with van der Waals surface area (Å²) in [7, 11) is 2.96. The number of hydrogen-bond acceptors (Lipinski definition) is 6. The van der Waals surface area contributed by atoms with Crippen LogP contribution >= 0.6 is 0 Å². The molecule has 0 unspecified atom stereocenters. The van der Waals surface area contributed by atoms with E-state index in [-0.39, 0.29) is 30.2 Å². The fourth-order valence-corrected chi connectivity index (χ4v) is 3.39. The van der Waals surface area contributed by atoms with Gasteiger partial charge in [0.2, 0.25) is 0 Å². The van der Waals surface area contributed by atoms with Gasteiger partial charge in [-0.2, -0.15) is 0 Å². The van der Waals surface area contributed by atoms with Crippen LogP contribution in [0.1, 0.15) is 29.3 Å². The van der Waals surface area contributed by atoms with Crippen LogP contribution in [0.15, 0.2) is 58.1 Å². The minimum atomic E-state index is -0.728. The number of ether oxygens (including phenoxy) is 2. The van der Waals surface area contributed by atoms with E-state index in [0.29, 0.717) is 17.9 Å². The highest BCUT2D eigenvalue weighted by atomic mass is 16.5. The van der Waals surface area contributed by atoms with Gasteiger partial charge in [-0.3, -0.25) is 19.1 Å². The van der Waals surface area contributed by atoms with E-state index in [4.69, 9.17) is 15.2 Å². The first-order valence-corrected chi connectivity index (χ1v) is 10.1. The van der Waals surface area contributed by atoms with Crippen molar-refractivity contribution in [3.05, 3.63) is 80.5 Å². The molecule has 9 heteroatoms. The van der Waals surface area contributed by atoms with E-state index >= 15 is 0 Å². The highest BCUT2D eigenvalue weighted by Gasteiger charge is 2.25. The van der Waals surface area contributed by atoms with Gasteiger partial charge in [-0.15, -0.1) is 0 Å². The lowest BCUT2D eigenvalue weighted by molar-refractivity contribution is 0.0986. The number of nitrogens with two attached hydrogens (primary N) is 1. The molecule has 0 saturated carbocycles. The van der Waals surface area contributed by atoms with Crippen LogP contribution in [0.3, 0.4) is 0 Å². The van der Waals surface area contributed by atoms with Crippen molar-refractivity contribution in [3.63, 3.8) is 0 Å². The molecule has 1 aromatic heterocycles. The Kier molecular flexibility index (Phi) is 6.99. The molecular weight excluding hydrogens is 412 g/mol. The minimum Gasteiger partial charge on any atom is -0.497 e. The second-order valence-electron chi connectivity index (χ2n) is 7.12. The van der Waals surface area contributed by atoms with Crippen molar-refractivity contribution in [1.29, 1.82) is 0 Å². The molecule has 0 radical (unpaired) electrons. The fraction of sp³-hybridized carbons (Fsp3) is 0.261. The lowest BCUT2D eigenvalue weighted by atomic mass is 10.1. The van der Waals surface area contributed by atoms with Gasteiger partial charge in [0.25, 0.3) is 11.5 Å². The van der Waals surface area contributed by atoms with Crippen LogP contribution in [-0.2, 0) is 6.54 Å². The molecule has 32 heavy (non-hydrogen) atoms. The zero-order chi connectivity index (χ0) is 23.3. The Morgan fingerprint density at radius 2 is 1.69 bits per heavy atom. The van der Waals surface area contributed by atoms with Crippen molar-refractivity contribution in [3.8, 4) is 11.5 Å². The molecule has 3 aromatic rings. The van der Waals surface area contributed by atoms with Crippen molar-refractivity contribution in [2.75, 3.05) is 31.4 Å². The number of amides is 1. The summed E-state index contributed by atoms with van der Waals surface area (Å²) in [6.45, 7) is 2.24. The minimum absolute atomic E-state index is 0.0748. The van der Waals surface area contributed by atoms with E-state index in [0.717, 1.165) is 5.56 Å². The van der Waals surface area contributed by atoms with E-state index in [1.54, 1.807) is 18.2 Å². The lowest BCUT2D eigenvalue weighted by Gasteiger charge is -2.24. The first-order chi connectivity index (χ1) is 15.4. The maximum atomic E-state index is 13.4. The summed E-state index contributed by atoms with van der Waals surface area (Å²) >= 11 is 0. The number of carbonyl (C=O) groups excluding carboxylic acids is 1. The van der Waals surface area contributed by atoms with Gasteiger partial charge in [0, 0.05) is 18.2 Å². The van der Waals surface area contributed by atoms with Crippen LogP contribution in [0.5, 0.6) is 11.5 Å². The highest BCUT2D eigenvalue weighted by molar-refractivity contribution is 6.07. The number of benzene rings is 2. The second kappa shape index (κ2) is 9.86. The molecule has 0 atom stereocenters. The molecule has 1 heterocycles. The topological polar surface area (TPSA) is 120 Å². The number of methoxy groups -OCH3 is 2. The first kappa shape index (κ1) is 22.7. The first-order valence-electron chi connectivity index (χ1n) is 10.1. The van der Waals surface area contributed by atoms with Gasteiger partial charge >= 0.3 is 5.69 Å². The van der Waals surface area contributed by atoms with Gasteiger partial charge in [-0.05, 0) is 24.1 Å². The smallest absolute Gasteiger partial charge is 0.330 e. The quantitative estimate of drug-likeness (QED) is 0.557. The second-order valence-corrected chi connectivity index (χ2v) is 7.12. The molecule has 3 N–H and O–H groups in total. The summed E-state index contributed by atoms with van der Waals surface area (Å²) in [6, 6.07) is 14.0. The van der Waals surface area contributed by atoms with E-state index < -0.39 is 17.2 Å². The number of nitrogens with zero attached hydrogens (tertiary/aromatic N) is 2. The third-order valence-electron chi connectivity index (χ3n) is 4.96. The number of rotatable bonds is 8. The molecular formula is C23H26N4O5. The third kappa shape index (κ3) is 4.66. The highest BCUT2D eigenvalue weighted by Crippen LogP contribution is 2.26. The Hall–Kier alpha value is -4.01. The number of aromatic amines is 1. The van der Waals surface area contributed by atoms with E-state index in [2.05, 4.69) is 4.98 Å². The standard InChI is InChI=1S/C23H26N4O5/c1-4-10-26(22(29)16-11-17(31-2)13-18(12-16)32-3)19-20(24)27(23(30)25-21(19)28)14-15-8-6-5-7-9-15/h5-9,11-13H,4,10,14,24H2,1-3H3,(H,25,28,30). The van der Waals surface area contributed by atoms with Gasteiger partial charge in [0.1, 0.15) is 17.3 Å².